The monoisotopic (exact) mass is 284 g/mol. The van der Waals surface area contributed by atoms with Gasteiger partial charge in [0.2, 0.25) is 10.0 Å². The summed E-state index contributed by atoms with van der Waals surface area (Å²) in [6, 6.07) is 5.66. The Kier molecular flexibility index (Phi) is 5.65. The molecule has 0 aromatic heterocycles. The van der Waals surface area contributed by atoms with Crippen LogP contribution in [-0.2, 0) is 10.0 Å². The number of Topliss-reactive ketones (excluding diaryl/α,β-unsaturated/α-hetero) is 1. The lowest BCUT2D eigenvalue weighted by atomic mass is 10.2. The Morgan fingerprint density at radius 1 is 1.32 bits per heavy atom. The van der Waals surface area contributed by atoms with Crippen molar-refractivity contribution in [3.63, 3.8) is 0 Å². The first kappa shape index (κ1) is 15.8. The Morgan fingerprint density at radius 2 is 1.89 bits per heavy atom. The summed E-state index contributed by atoms with van der Waals surface area (Å²) in [6.07, 6.45) is 1.68. The smallest absolute Gasteiger partial charge is 0.240 e. The molecule has 1 rings (SSSR count). The molecule has 0 bridgehead atoms. The van der Waals surface area contributed by atoms with Crippen LogP contribution in [0.1, 0.15) is 37.0 Å². The average molecular weight is 284 g/mol. The van der Waals surface area contributed by atoms with Crippen molar-refractivity contribution in [3.8, 4) is 0 Å². The van der Waals surface area contributed by atoms with Gasteiger partial charge >= 0.3 is 0 Å². The maximum Gasteiger partial charge on any atom is 0.240 e. The summed E-state index contributed by atoms with van der Waals surface area (Å²) in [5, 5.41) is 0. The normalized spacial score (nSPS) is 13.2. The summed E-state index contributed by atoms with van der Waals surface area (Å²) in [5.41, 5.74) is 6.25. The van der Waals surface area contributed by atoms with Crippen molar-refractivity contribution in [2.75, 3.05) is 6.54 Å². The molecule has 1 atom stereocenters. The molecule has 6 heteroatoms. The second-order valence-electron chi connectivity index (χ2n) is 4.48. The standard InChI is InChI=1S/C13H20N2O3S/c1-3-4-12(14)9-15-19(17,18)13-7-5-11(6-8-13)10(2)16/h5-8,12,15H,3-4,9,14H2,1-2H3/t12-/m0/s1. The molecule has 0 saturated heterocycles. The fourth-order valence-electron chi connectivity index (χ4n) is 1.64. The molecule has 0 aliphatic carbocycles. The van der Waals surface area contributed by atoms with E-state index in [0.717, 1.165) is 12.8 Å². The van der Waals surface area contributed by atoms with E-state index in [1.54, 1.807) is 0 Å². The van der Waals surface area contributed by atoms with Crippen LogP contribution in [-0.4, -0.2) is 26.8 Å². The third-order valence-electron chi connectivity index (χ3n) is 2.77. The number of carbonyl (C=O) groups excluding carboxylic acids is 1. The van der Waals surface area contributed by atoms with Crippen molar-refractivity contribution < 1.29 is 13.2 Å². The van der Waals surface area contributed by atoms with Crippen LogP contribution in [0.15, 0.2) is 29.2 Å². The minimum Gasteiger partial charge on any atom is -0.327 e. The molecule has 1 aromatic carbocycles. The molecule has 0 heterocycles. The summed E-state index contributed by atoms with van der Waals surface area (Å²) >= 11 is 0. The second kappa shape index (κ2) is 6.79. The number of benzene rings is 1. The maximum atomic E-state index is 12.0. The highest BCUT2D eigenvalue weighted by Gasteiger charge is 2.15. The highest BCUT2D eigenvalue weighted by atomic mass is 32.2. The van der Waals surface area contributed by atoms with Crippen LogP contribution in [0.4, 0.5) is 0 Å². The number of hydrogen-bond donors (Lipinski definition) is 2. The molecular weight excluding hydrogens is 264 g/mol. The van der Waals surface area contributed by atoms with E-state index >= 15 is 0 Å². The van der Waals surface area contributed by atoms with Gasteiger partial charge < -0.3 is 5.73 Å². The first-order valence-corrected chi connectivity index (χ1v) is 7.71. The molecule has 1 aromatic rings. The molecular formula is C13H20N2O3S. The average Bonchev–Trinajstić information content (AvgIpc) is 2.37. The zero-order valence-corrected chi connectivity index (χ0v) is 12.0. The maximum absolute atomic E-state index is 12.0. The molecule has 0 aliphatic rings. The fraction of sp³-hybridized carbons (Fsp3) is 0.462. The van der Waals surface area contributed by atoms with E-state index < -0.39 is 10.0 Å². The topological polar surface area (TPSA) is 89.3 Å². The largest absolute Gasteiger partial charge is 0.327 e. The van der Waals surface area contributed by atoms with Crippen molar-refractivity contribution in [3.05, 3.63) is 29.8 Å². The van der Waals surface area contributed by atoms with Gasteiger partial charge in [0.15, 0.2) is 5.78 Å². The van der Waals surface area contributed by atoms with Gasteiger partial charge in [0, 0.05) is 18.2 Å². The molecule has 0 saturated carbocycles. The summed E-state index contributed by atoms with van der Waals surface area (Å²) < 4.78 is 26.4. The Bertz CT molecular complexity index is 523. The molecule has 106 valence electrons. The number of nitrogens with two attached hydrogens (primary N) is 1. The van der Waals surface area contributed by atoms with Gasteiger partial charge in [-0.1, -0.05) is 25.5 Å². The van der Waals surface area contributed by atoms with Crippen LogP contribution in [0.5, 0.6) is 0 Å². The number of carbonyl (C=O) groups is 1. The molecule has 0 aliphatic heterocycles. The molecule has 19 heavy (non-hydrogen) atoms. The molecule has 5 nitrogen and oxygen atoms in total. The van der Waals surface area contributed by atoms with Crippen molar-refractivity contribution in [2.45, 2.75) is 37.6 Å². The van der Waals surface area contributed by atoms with Crippen LogP contribution in [0.2, 0.25) is 0 Å². The Labute approximate surface area is 114 Å². The third-order valence-corrected chi connectivity index (χ3v) is 4.21. The Morgan fingerprint density at radius 3 is 2.37 bits per heavy atom. The minimum atomic E-state index is -3.56. The van der Waals surface area contributed by atoms with Crippen molar-refractivity contribution in [2.24, 2.45) is 5.73 Å². The zero-order chi connectivity index (χ0) is 14.5. The van der Waals surface area contributed by atoms with Gasteiger partial charge in [-0.15, -0.1) is 0 Å². The van der Waals surface area contributed by atoms with E-state index in [-0.39, 0.29) is 23.3 Å². The van der Waals surface area contributed by atoms with Crippen LogP contribution < -0.4 is 10.5 Å². The number of rotatable bonds is 7. The number of sulfonamides is 1. The van der Waals surface area contributed by atoms with E-state index in [9.17, 15) is 13.2 Å². The summed E-state index contributed by atoms with van der Waals surface area (Å²) in [7, 11) is -3.56. The zero-order valence-electron chi connectivity index (χ0n) is 11.2. The molecule has 3 N–H and O–H groups in total. The predicted octanol–water partition coefficient (Wildman–Crippen LogP) is 1.29. The first-order chi connectivity index (χ1) is 8.86. The van der Waals surface area contributed by atoms with E-state index in [1.807, 2.05) is 6.92 Å². The van der Waals surface area contributed by atoms with Crippen LogP contribution >= 0.6 is 0 Å². The lowest BCUT2D eigenvalue weighted by Crippen LogP contribution is -2.37. The van der Waals surface area contributed by atoms with Gasteiger partial charge in [-0.3, -0.25) is 4.79 Å². The number of ketones is 1. The second-order valence-corrected chi connectivity index (χ2v) is 6.25. The van der Waals surface area contributed by atoms with Gasteiger partial charge in [0.1, 0.15) is 0 Å². The van der Waals surface area contributed by atoms with Crippen molar-refractivity contribution >= 4 is 15.8 Å². The van der Waals surface area contributed by atoms with Crippen molar-refractivity contribution in [1.82, 2.24) is 4.72 Å². The lowest BCUT2D eigenvalue weighted by Gasteiger charge is -2.12. The van der Waals surface area contributed by atoms with E-state index in [1.165, 1.54) is 31.2 Å². The summed E-state index contributed by atoms with van der Waals surface area (Å²) in [6.45, 7) is 3.64. The van der Waals surface area contributed by atoms with Gasteiger partial charge in [0.25, 0.3) is 0 Å². The lowest BCUT2D eigenvalue weighted by molar-refractivity contribution is 0.101. The molecule has 0 spiro atoms. The first-order valence-electron chi connectivity index (χ1n) is 6.23. The number of hydrogen-bond acceptors (Lipinski definition) is 4. The predicted molar refractivity (Wildman–Crippen MR) is 74.5 cm³/mol. The van der Waals surface area contributed by atoms with Crippen LogP contribution in [0, 0.1) is 0 Å². The molecule has 0 unspecified atom stereocenters. The third kappa shape index (κ3) is 4.74. The Balaban J connectivity index is 2.74. The van der Waals surface area contributed by atoms with E-state index in [0.29, 0.717) is 5.56 Å². The fourth-order valence-corrected chi connectivity index (χ4v) is 2.74. The molecule has 0 fully saturated rings. The van der Waals surface area contributed by atoms with Crippen molar-refractivity contribution in [1.29, 1.82) is 0 Å². The van der Waals surface area contributed by atoms with Gasteiger partial charge in [-0.05, 0) is 25.5 Å². The highest BCUT2D eigenvalue weighted by Crippen LogP contribution is 2.11. The number of nitrogens with one attached hydrogen (secondary N) is 1. The summed E-state index contributed by atoms with van der Waals surface area (Å²) in [5.74, 6) is -0.0955. The minimum absolute atomic E-state index is 0.0955. The molecule has 0 amide bonds. The van der Waals surface area contributed by atoms with E-state index in [2.05, 4.69) is 4.72 Å². The van der Waals surface area contributed by atoms with Gasteiger partial charge in [-0.25, -0.2) is 13.1 Å². The molecule has 0 radical (unpaired) electrons. The SMILES string of the molecule is CCC[C@H](N)CNS(=O)(=O)c1ccc(C(C)=O)cc1. The summed E-state index contributed by atoms with van der Waals surface area (Å²) in [4.78, 5) is 11.3. The van der Waals surface area contributed by atoms with E-state index in [4.69, 9.17) is 5.73 Å². The van der Waals surface area contributed by atoms with Crippen LogP contribution in [0.25, 0.3) is 0 Å². The van der Waals surface area contributed by atoms with Gasteiger partial charge in [-0.2, -0.15) is 0 Å². The highest BCUT2D eigenvalue weighted by molar-refractivity contribution is 7.89. The Hall–Kier alpha value is -1.24. The van der Waals surface area contributed by atoms with Crippen LogP contribution in [0.3, 0.4) is 0 Å². The van der Waals surface area contributed by atoms with Gasteiger partial charge in [0.05, 0.1) is 4.90 Å². The quantitative estimate of drug-likeness (QED) is 0.738.